The summed E-state index contributed by atoms with van der Waals surface area (Å²) in [7, 11) is -0.945. The molecule has 1 aliphatic rings. The summed E-state index contributed by atoms with van der Waals surface area (Å²) in [4.78, 5) is 0. The third-order valence-corrected chi connectivity index (χ3v) is 5.79. The molecule has 0 N–H and O–H groups in total. The Bertz CT molecular complexity index is 194. The molecule has 0 saturated carbocycles. The van der Waals surface area contributed by atoms with E-state index in [1.165, 1.54) is 18.2 Å². The van der Waals surface area contributed by atoms with Crippen molar-refractivity contribution in [2.24, 2.45) is 5.92 Å². The van der Waals surface area contributed by atoms with E-state index in [1.807, 2.05) is 11.8 Å². The molecule has 2 nitrogen and oxygen atoms in total. The minimum Gasteiger partial charge on any atom is -0.356 e. The number of thioether (sulfide) groups is 1. The van der Waals surface area contributed by atoms with E-state index in [0.717, 1.165) is 12.4 Å². The fraction of sp³-hybridized carbons (Fsp3) is 1.00. The predicted octanol–water partition coefficient (Wildman–Crippen LogP) is 3.46. The average Bonchev–Trinajstić information content (AvgIpc) is 2.18. The first-order valence-electron chi connectivity index (χ1n) is 6.26. The van der Waals surface area contributed by atoms with E-state index in [2.05, 4.69) is 26.6 Å². The topological polar surface area (TPSA) is 18.5 Å². The van der Waals surface area contributed by atoms with Gasteiger partial charge in [0.2, 0.25) is 0 Å². The minimum atomic E-state index is -0.945. The lowest BCUT2D eigenvalue weighted by atomic mass is 10.0. The van der Waals surface area contributed by atoms with Crippen molar-refractivity contribution in [2.75, 3.05) is 24.9 Å². The van der Waals surface area contributed by atoms with Crippen molar-refractivity contribution in [3.05, 3.63) is 0 Å². The van der Waals surface area contributed by atoms with Crippen LogP contribution in [0.4, 0.5) is 0 Å². The molecule has 1 saturated heterocycles. The molecule has 0 aromatic heterocycles. The molecular formula is C12H26O2SSi. The zero-order valence-corrected chi connectivity index (χ0v) is 12.9. The van der Waals surface area contributed by atoms with Crippen LogP contribution in [0.1, 0.15) is 13.3 Å². The normalized spacial score (nSPS) is 27.0. The number of rotatable bonds is 6. The van der Waals surface area contributed by atoms with Crippen LogP contribution in [0.3, 0.4) is 0 Å². The first-order valence-corrected chi connectivity index (χ1v) is 11.1. The Morgan fingerprint density at radius 2 is 2.06 bits per heavy atom. The van der Waals surface area contributed by atoms with E-state index in [9.17, 15) is 0 Å². The molecule has 0 unspecified atom stereocenters. The Hall–Kier alpha value is 0.487. The second-order valence-electron chi connectivity index (χ2n) is 5.88. The Labute approximate surface area is 105 Å². The molecule has 96 valence electrons. The smallest absolute Gasteiger partial charge is 0.147 e. The van der Waals surface area contributed by atoms with Gasteiger partial charge in [0.05, 0.1) is 6.10 Å². The highest BCUT2D eigenvalue weighted by molar-refractivity contribution is 7.99. The van der Waals surface area contributed by atoms with Crippen LogP contribution in [0.2, 0.25) is 25.7 Å². The first-order chi connectivity index (χ1) is 7.49. The third kappa shape index (κ3) is 6.28. The highest BCUT2D eigenvalue weighted by Gasteiger charge is 2.22. The maximum Gasteiger partial charge on any atom is 0.147 e. The minimum absolute atomic E-state index is 0.408. The molecule has 0 bridgehead atoms. The highest BCUT2D eigenvalue weighted by atomic mass is 32.2. The maximum atomic E-state index is 5.78. The molecule has 1 heterocycles. The zero-order chi connectivity index (χ0) is 12.0. The molecule has 0 aromatic rings. The summed E-state index contributed by atoms with van der Waals surface area (Å²) in [6, 6.07) is 1.23. The van der Waals surface area contributed by atoms with Crippen molar-refractivity contribution >= 4 is 19.8 Å². The molecule has 2 atom stereocenters. The monoisotopic (exact) mass is 262 g/mol. The van der Waals surface area contributed by atoms with Gasteiger partial charge in [-0.1, -0.05) is 26.6 Å². The van der Waals surface area contributed by atoms with Gasteiger partial charge in [-0.2, -0.15) is 11.8 Å². The quantitative estimate of drug-likeness (QED) is 0.415. The molecule has 0 aromatic carbocycles. The van der Waals surface area contributed by atoms with E-state index < -0.39 is 8.07 Å². The molecule has 1 fully saturated rings. The molecule has 0 spiro atoms. The molecular weight excluding hydrogens is 236 g/mol. The van der Waals surface area contributed by atoms with Gasteiger partial charge in [-0.15, -0.1) is 0 Å². The van der Waals surface area contributed by atoms with Gasteiger partial charge in [-0.05, 0) is 24.1 Å². The second kappa shape index (κ2) is 7.04. The van der Waals surface area contributed by atoms with Gasteiger partial charge in [0.25, 0.3) is 0 Å². The van der Waals surface area contributed by atoms with Gasteiger partial charge in [-0.3, -0.25) is 0 Å². The molecule has 1 aliphatic heterocycles. The van der Waals surface area contributed by atoms with Crippen molar-refractivity contribution in [3.8, 4) is 0 Å². The Kier molecular flexibility index (Phi) is 6.40. The van der Waals surface area contributed by atoms with Crippen LogP contribution in [-0.2, 0) is 9.47 Å². The Morgan fingerprint density at radius 1 is 1.31 bits per heavy atom. The zero-order valence-electron chi connectivity index (χ0n) is 11.1. The van der Waals surface area contributed by atoms with Crippen molar-refractivity contribution in [1.82, 2.24) is 0 Å². The summed E-state index contributed by atoms with van der Waals surface area (Å²) in [6.45, 7) is 10.8. The van der Waals surface area contributed by atoms with Crippen LogP contribution >= 0.6 is 11.8 Å². The summed E-state index contributed by atoms with van der Waals surface area (Å²) in [5, 5.41) is 0. The van der Waals surface area contributed by atoms with E-state index in [0.29, 0.717) is 18.8 Å². The van der Waals surface area contributed by atoms with Gasteiger partial charge >= 0.3 is 0 Å². The SMILES string of the molecule is C[C@H]1CCSC[C@@H]1OCOCC[Si](C)(C)C. The van der Waals surface area contributed by atoms with Crippen molar-refractivity contribution in [2.45, 2.75) is 45.1 Å². The standard InChI is InChI=1S/C12H26O2SSi/c1-11-5-7-15-9-12(11)14-10-13-6-8-16(2,3)4/h11-12H,5-10H2,1-4H3/t11-,12-/m0/s1. The van der Waals surface area contributed by atoms with E-state index in [1.54, 1.807) is 0 Å². The fourth-order valence-corrected chi connectivity index (χ4v) is 3.72. The van der Waals surface area contributed by atoms with Gasteiger partial charge < -0.3 is 9.47 Å². The molecule has 1 rings (SSSR count). The average molecular weight is 262 g/mol. The van der Waals surface area contributed by atoms with Crippen LogP contribution in [0.25, 0.3) is 0 Å². The van der Waals surface area contributed by atoms with Crippen LogP contribution in [-0.4, -0.2) is 39.1 Å². The van der Waals surface area contributed by atoms with Crippen LogP contribution in [0, 0.1) is 5.92 Å². The van der Waals surface area contributed by atoms with Crippen LogP contribution < -0.4 is 0 Å². The van der Waals surface area contributed by atoms with Gasteiger partial charge in [0, 0.05) is 20.4 Å². The summed E-state index contributed by atoms with van der Waals surface area (Å²) in [5.41, 5.74) is 0. The molecule has 16 heavy (non-hydrogen) atoms. The summed E-state index contributed by atoms with van der Waals surface area (Å²) in [6.07, 6.45) is 1.69. The molecule has 0 aliphatic carbocycles. The maximum absolute atomic E-state index is 5.78. The van der Waals surface area contributed by atoms with Gasteiger partial charge in [-0.25, -0.2) is 0 Å². The van der Waals surface area contributed by atoms with E-state index in [-0.39, 0.29) is 0 Å². The lowest BCUT2D eigenvalue weighted by Crippen LogP contribution is -2.30. The predicted molar refractivity (Wildman–Crippen MR) is 75.0 cm³/mol. The first kappa shape index (κ1) is 14.5. The Balaban J connectivity index is 2.02. The summed E-state index contributed by atoms with van der Waals surface area (Å²) >= 11 is 2.00. The van der Waals surface area contributed by atoms with E-state index >= 15 is 0 Å². The fourth-order valence-electron chi connectivity index (χ4n) is 1.60. The van der Waals surface area contributed by atoms with Gasteiger partial charge in [0.1, 0.15) is 6.79 Å². The highest BCUT2D eigenvalue weighted by Crippen LogP contribution is 2.25. The second-order valence-corrected chi connectivity index (χ2v) is 12.7. The molecule has 0 radical (unpaired) electrons. The molecule has 4 heteroatoms. The lowest BCUT2D eigenvalue weighted by Gasteiger charge is -2.28. The van der Waals surface area contributed by atoms with Crippen molar-refractivity contribution < 1.29 is 9.47 Å². The van der Waals surface area contributed by atoms with Gasteiger partial charge in [0.15, 0.2) is 0 Å². The largest absolute Gasteiger partial charge is 0.356 e. The molecule has 0 amide bonds. The van der Waals surface area contributed by atoms with Crippen molar-refractivity contribution in [1.29, 1.82) is 0 Å². The van der Waals surface area contributed by atoms with E-state index in [4.69, 9.17) is 9.47 Å². The van der Waals surface area contributed by atoms with Crippen LogP contribution in [0.15, 0.2) is 0 Å². The van der Waals surface area contributed by atoms with Crippen molar-refractivity contribution in [3.63, 3.8) is 0 Å². The summed E-state index contributed by atoms with van der Waals surface area (Å²) in [5.74, 6) is 3.12. The summed E-state index contributed by atoms with van der Waals surface area (Å²) < 4.78 is 11.3. The third-order valence-electron chi connectivity index (χ3n) is 3.00. The number of hydrogen-bond acceptors (Lipinski definition) is 3. The lowest BCUT2D eigenvalue weighted by molar-refractivity contribution is -0.0945. The number of ether oxygens (including phenoxy) is 2. The van der Waals surface area contributed by atoms with Crippen LogP contribution in [0.5, 0.6) is 0 Å². The Morgan fingerprint density at radius 3 is 2.69 bits per heavy atom. The number of hydrogen-bond donors (Lipinski definition) is 0.